The molecule has 1 aliphatic rings. The first-order valence-electron chi connectivity index (χ1n) is 5.74. The van der Waals surface area contributed by atoms with Crippen LogP contribution in [0.25, 0.3) is 0 Å². The number of amides is 1. The number of hydrogen-bond donors (Lipinski definition) is 3. The Morgan fingerprint density at radius 3 is 2.82 bits per heavy atom. The largest absolute Gasteiger partial charge is 0.396 e. The fourth-order valence-corrected chi connectivity index (χ4v) is 2.04. The van der Waals surface area contributed by atoms with Crippen LogP contribution in [0.5, 0.6) is 0 Å². The van der Waals surface area contributed by atoms with E-state index < -0.39 is 0 Å². The number of aliphatic hydroxyl groups excluding tert-OH is 1. The molecule has 3 N–H and O–H groups in total. The topological polar surface area (TPSA) is 81.2 Å². The van der Waals surface area contributed by atoms with Gasteiger partial charge in [-0.2, -0.15) is 5.10 Å². The van der Waals surface area contributed by atoms with Gasteiger partial charge in [-0.15, -0.1) is 0 Å². The highest BCUT2D eigenvalue weighted by Crippen LogP contribution is 2.17. The summed E-state index contributed by atoms with van der Waals surface area (Å²) >= 11 is 0. The summed E-state index contributed by atoms with van der Waals surface area (Å²) in [6, 6.07) is 0. The van der Waals surface area contributed by atoms with Gasteiger partial charge in [0.2, 0.25) is 5.91 Å². The van der Waals surface area contributed by atoms with E-state index in [9.17, 15) is 4.79 Å². The third-order valence-electron chi connectivity index (χ3n) is 3.05. The number of likely N-dealkylation sites (tertiary alicyclic amines) is 1. The molecule has 0 atom stereocenters. The van der Waals surface area contributed by atoms with Crippen LogP contribution in [0.15, 0.2) is 0 Å². The molecule has 1 saturated heterocycles. The number of hydrogen-bond acceptors (Lipinski definition) is 4. The highest BCUT2D eigenvalue weighted by atomic mass is 16.3. The average Bonchev–Trinajstić information content (AvgIpc) is 2.54. The normalized spacial score (nSPS) is 16.9. The van der Waals surface area contributed by atoms with Crippen molar-refractivity contribution in [2.24, 2.45) is 5.92 Å². The van der Waals surface area contributed by atoms with Crippen LogP contribution < -0.4 is 5.32 Å². The van der Waals surface area contributed by atoms with Crippen LogP contribution in [-0.4, -0.2) is 52.4 Å². The first kappa shape index (κ1) is 12.1. The van der Waals surface area contributed by atoms with Gasteiger partial charge < -0.3 is 10.4 Å². The summed E-state index contributed by atoms with van der Waals surface area (Å²) in [5.41, 5.74) is 2.44. The van der Waals surface area contributed by atoms with Crippen molar-refractivity contribution in [3.05, 3.63) is 11.4 Å². The summed E-state index contributed by atoms with van der Waals surface area (Å²) in [5.74, 6) is 0.300. The zero-order valence-corrected chi connectivity index (χ0v) is 10.2. The van der Waals surface area contributed by atoms with Crippen molar-refractivity contribution in [3.63, 3.8) is 0 Å². The maximum absolute atomic E-state index is 11.8. The van der Waals surface area contributed by atoms with Crippen molar-refractivity contribution >= 4 is 11.6 Å². The second-order valence-electron chi connectivity index (χ2n) is 4.60. The number of aliphatic hydroxyl groups is 1. The lowest BCUT2D eigenvalue weighted by molar-refractivity contribution is -0.119. The van der Waals surface area contributed by atoms with Gasteiger partial charge in [-0.3, -0.25) is 14.8 Å². The monoisotopic (exact) mass is 238 g/mol. The van der Waals surface area contributed by atoms with Crippen molar-refractivity contribution in [3.8, 4) is 0 Å². The van der Waals surface area contributed by atoms with Gasteiger partial charge in [0.1, 0.15) is 0 Å². The Morgan fingerprint density at radius 1 is 1.59 bits per heavy atom. The number of anilines is 1. The molecule has 2 heterocycles. The Hall–Kier alpha value is -1.40. The second-order valence-corrected chi connectivity index (χ2v) is 4.60. The molecule has 0 aromatic carbocycles. The lowest BCUT2D eigenvalue weighted by atomic mass is 10.0. The Morgan fingerprint density at radius 2 is 2.29 bits per heavy atom. The van der Waals surface area contributed by atoms with Gasteiger partial charge in [0, 0.05) is 25.6 Å². The molecule has 0 radical (unpaired) electrons. The molecule has 0 spiro atoms. The Kier molecular flexibility index (Phi) is 3.44. The number of aromatic nitrogens is 2. The van der Waals surface area contributed by atoms with E-state index in [1.807, 2.05) is 18.7 Å². The van der Waals surface area contributed by atoms with E-state index in [1.165, 1.54) is 0 Å². The highest BCUT2D eigenvalue weighted by molar-refractivity contribution is 5.93. The molecule has 17 heavy (non-hydrogen) atoms. The number of carbonyl (C=O) groups excluding carboxylic acids is 1. The van der Waals surface area contributed by atoms with Gasteiger partial charge in [-0.25, -0.2) is 0 Å². The van der Waals surface area contributed by atoms with Gasteiger partial charge in [-0.1, -0.05) is 0 Å². The number of nitrogens with one attached hydrogen (secondary N) is 2. The van der Waals surface area contributed by atoms with E-state index in [2.05, 4.69) is 15.5 Å². The molecular weight excluding hydrogens is 220 g/mol. The van der Waals surface area contributed by atoms with Crippen molar-refractivity contribution in [1.29, 1.82) is 0 Å². The number of aryl methyl sites for hydroxylation is 2. The van der Waals surface area contributed by atoms with Crippen molar-refractivity contribution in [1.82, 2.24) is 15.1 Å². The third-order valence-corrected chi connectivity index (χ3v) is 3.05. The van der Waals surface area contributed by atoms with E-state index in [-0.39, 0.29) is 12.5 Å². The van der Waals surface area contributed by atoms with Gasteiger partial charge in [0.25, 0.3) is 0 Å². The summed E-state index contributed by atoms with van der Waals surface area (Å²) in [5, 5.41) is 18.6. The minimum atomic E-state index is -0.0333. The van der Waals surface area contributed by atoms with Gasteiger partial charge in [-0.05, 0) is 13.8 Å². The number of aromatic amines is 1. The number of nitrogens with zero attached hydrogens (tertiary/aromatic N) is 2. The Bertz CT molecular complexity index is 390. The molecule has 0 unspecified atom stereocenters. The molecule has 6 heteroatoms. The van der Waals surface area contributed by atoms with Crippen molar-refractivity contribution in [2.75, 3.05) is 31.6 Å². The second kappa shape index (κ2) is 4.85. The minimum absolute atomic E-state index is 0.0333. The van der Waals surface area contributed by atoms with Crippen LogP contribution >= 0.6 is 0 Å². The summed E-state index contributed by atoms with van der Waals surface area (Å²) in [4.78, 5) is 13.8. The summed E-state index contributed by atoms with van der Waals surface area (Å²) in [6.45, 7) is 5.91. The molecule has 94 valence electrons. The molecule has 2 rings (SSSR count). The minimum Gasteiger partial charge on any atom is -0.396 e. The predicted octanol–water partition coefficient (Wildman–Crippen LogP) is -0.111. The van der Waals surface area contributed by atoms with E-state index in [1.54, 1.807) is 0 Å². The molecular formula is C11H18N4O2. The van der Waals surface area contributed by atoms with Crippen LogP contribution in [0.1, 0.15) is 11.4 Å². The van der Waals surface area contributed by atoms with Gasteiger partial charge in [0.05, 0.1) is 23.6 Å². The highest BCUT2D eigenvalue weighted by Gasteiger charge is 2.27. The van der Waals surface area contributed by atoms with E-state index in [0.29, 0.717) is 12.5 Å². The molecule has 1 amide bonds. The SMILES string of the molecule is Cc1n[nH]c(C)c1NC(=O)CN1CC(CO)C1. The molecule has 6 nitrogen and oxygen atoms in total. The Balaban J connectivity index is 1.82. The third kappa shape index (κ3) is 2.65. The van der Waals surface area contributed by atoms with Crippen molar-refractivity contribution < 1.29 is 9.90 Å². The molecule has 1 aliphatic heterocycles. The fourth-order valence-electron chi connectivity index (χ4n) is 2.04. The van der Waals surface area contributed by atoms with Crippen molar-refractivity contribution in [2.45, 2.75) is 13.8 Å². The van der Waals surface area contributed by atoms with E-state index in [0.717, 1.165) is 30.2 Å². The predicted molar refractivity (Wildman–Crippen MR) is 63.7 cm³/mol. The first-order chi connectivity index (χ1) is 8.10. The summed E-state index contributed by atoms with van der Waals surface area (Å²) in [6.07, 6.45) is 0. The maximum Gasteiger partial charge on any atom is 0.238 e. The smallest absolute Gasteiger partial charge is 0.238 e. The maximum atomic E-state index is 11.8. The molecule has 1 fully saturated rings. The molecule has 1 aromatic rings. The fraction of sp³-hybridized carbons (Fsp3) is 0.636. The first-order valence-corrected chi connectivity index (χ1v) is 5.74. The van der Waals surface area contributed by atoms with Crippen LogP contribution in [0.3, 0.4) is 0 Å². The molecule has 0 saturated carbocycles. The molecule has 1 aromatic heterocycles. The number of rotatable bonds is 4. The van der Waals surface area contributed by atoms with Crippen LogP contribution in [0.2, 0.25) is 0 Å². The zero-order valence-electron chi connectivity index (χ0n) is 10.2. The van der Waals surface area contributed by atoms with Crippen LogP contribution in [0.4, 0.5) is 5.69 Å². The summed E-state index contributed by atoms with van der Waals surface area (Å²) in [7, 11) is 0. The van der Waals surface area contributed by atoms with Crippen LogP contribution in [0, 0.1) is 19.8 Å². The number of carbonyl (C=O) groups is 1. The van der Waals surface area contributed by atoms with Gasteiger partial charge in [0.15, 0.2) is 0 Å². The standard InChI is InChI=1S/C11H18N4O2/c1-7-11(8(2)14-13-7)12-10(17)5-15-3-9(4-15)6-16/h9,16H,3-6H2,1-2H3,(H,12,17)(H,13,14). The van der Waals surface area contributed by atoms with E-state index >= 15 is 0 Å². The molecule has 0 aliphatic carbocycles. The Labute approximate surface area is 100 Å². The van der Waals surface area contributed by atoms with E-state index in [4.69, 9.17) is 5.11 Å². The van der Waals surface area contributed by atoms with Crippen LogP contribution in [-0.2, 0) is 4.79 Å². The lowest BCUT2D eigenvalue weighted by Gasteiger charge is -2.37. The summed E-state index contributed by atoms with van der Waals surface area (Å²) < 4.78 is 0. The van der Waals surface area contributed by atoms with Gasteiger partial charge >= 0.3 is 0 Å². The number of H-pyrrole nitrogens is 1. The molecule has 0 bridgehead atoms. The average molecular weight is 238 g/mol. The zero-order chi connectivity index (χ0) is 12.4. The quantitative estimate of drug-likeness (QED) is 0.683. The lowest BCUT2D eigenvalue weighted by Crippen LogP contribution is -2.51.